The fourth-order valence-corrected chi connectivity index (χ4v) is 2.27. The average molecular weight is 361 g/mol. The van der Waals surface area contributed by atoms with Crippen LogP contribution in [-0.2, 0) is 20.9 Å². The van der Waals surface area contributed by atoms with Crippen molar-refractivity contribution >= 4 is 23.0 Å². The summed E-state index contributed by atoms with van der Waals surface area (Å²) in [7, 11) is 0. The van der Waals surface area contributed by atoms with E-state index in [9.17, 15) is 14.4 Å². The smallest absolute Gasteiger partial charge is 0.407 e. The van der Waals surface area contributed by atoms with E-state index in [0.29, 0.717) is 11.1 Å². The lowest BCUT2D eigenvalue weighted by molar-refractivity contribution is -0.144. The summed E-state index contributed by atoms with van der Waals surface area (Å²) in [4.78, 5) is 35.0. The highest BCUT2D eigenvalue weighted by atomic mass is 16.6. The summed E-state index contributed by atoms with van der Waals surface area (Å²) >= 11 is 0. The van der Waals surface area contributed by atoms with Crippen LogP contribution in [0.4, 0.5) is 4.79 Å². The van der Waals surface area contributed by atoms with Gasteiger partial charge in [0.1, 0.15) is 17.8 Å². The molecular formula is C19H23NO6. The predicted octanol–water partition coefficient (Wildman–Crippen LogP) is 3.06. The third-order valence-corrected chi connectivity index (χ3v) is 3.37. The van der Waals surface area contributed by atoms with Gasteiger partial charge in [0.15, 0.2) is 0 Å². The standard InChI is InChI=1S/C19H23NO6/c1-12-5-6-14-13(10-17(22)25-15(14)9-12)11-24-16(21)7-8-20-18(23)26-19(2,3)4/h5-6,9-10H,7-8,11H2,1-4H3,(H,20,23). The Morgan fingerprint density at radius 2 is 1.92 bits per heavy atom. The Hall–Kier alpha value is -2.83. The van der Waals surface area contributed by atoms with Gasteiger partial charge in [-0.2, -0.15) is 0 Å². The summed E-state index contributed by atoms with van der Waals surface area (Å²) in [5, 5.41) is 3.20. The summed E-state index contributed by atoms with van der Waals surface area (Å²) in [6.45, 7) is 7.21. The molecule has 0 spiro atoms. The number of carbonyl (C=O) groups is 2. The molecule has 2 aromatic rings. The zero-order valence-corrected chi connectivity index (χ0v) is 15.4. The maximum absolute atomic E-state index is 11.8. The quantitative estimate of drug-likeness (QED) is 0.650. The molecule has 0 radical (unpaired) electrons. The molecule has 1 amide bonds. The van der Waals surface area contributed by atoms with Crippen LogP contribution in [0.15, 0.2) is 33.5 Å². The zero-order valence-electron chi connectivity index (χ0n) is 15.4. The van der Waals surface area contributed by atoms with Gasteiger partial charge in [-0.25, -0.2) is 9.59 Å². The summed E-state index contributed by atoms with van der Waals surface area (Å²) in [6, 6.07) is 6.77. The van der Waals surface area contributed by atoms with Gasteiger partial charge in [-0.15, -0.1) is 0 Å². The molecule has 1 N–H and O–H groups in total. The fraction of sp³-hybridized carbons (Fsp3) is 0.421. The van der Waals surface area contributed by atoms with Crippen molar-refractivity contribution in [2.24, 2.45) is 0 Å². The van der Waals surface area contributed by atoms with E-state index in [0.717, 1.165) is 10.9 Å². The number of esters is 1. The van der Waals surface area contributed by atoms with Crippen molar-refractivity contribution in [3.05, 3.63) is 45.8 Å². The Labute approximate surface area is 151 Å². The summed E-state index contributed by atoms with van der Waals surface area (Å²) in [5.74, 6) is -0.491. The monoisotopic (exact) mass is 361 g/mol. The van der Waals surface area contributed by atoms with E-state index in [4.69, 9.17) is 13.9 Å². The molecular weight excluding hydrogens is 338 g/mol. The number of alkyl carbamates (subject to hydrolysis) is 1. The van der Waals surface area contributed by atoms with Gasteiger partial charge in [0, 0.05) is 23.6 Å². The second-order valence-electron chi connectivity index (χ2n) is 6.93. The van der Waals surface area contributed by atoms with Crippen LogP contribution in [0.2, 0.25) is 0 Å². The highest BCUT2D eigenvalue weighted by Gasteiger charge is 2.16. The molecule has 7 heteroatoms. The van der Waals surface area contributed by atoms with Gasteiger partial charge in [-0.3, -0.25) is 4.79 Å². The first-order valence-corrected chi connectivity index (χ1v) is 8.30. The number of carbonyl (C=O) groups excluding carboxylic acids is 2. The zero-order chi connectivity index (χ0) is 19.3. The van der Waals surface area contributed by atoms with E-state index in [1.165, 1.54) is 6.07 Å². The van der Waals surface area contributed by atoms with Gasteiger partial charge in [-0.05, 0) is 39.3 Å². The first-order chi connectivity index (χ1) is 12.1. The second kappa shape index (κ2) is 8.03. The number of ether oxygens (including phenoxy) is 2. The van der Waals surface area contributed by atoms with E-state index in [2.05, 4.69) is 5.32 Å². The third-order valence-electron chi connectivity index (χ3n) is 3.37. The number of hydrogen-bond donors (Lipinski definition) is 1. The second-order valence-corrected chi connectivity index (χ2v) is 6.93. The Morgan fingerprint density at radius 3 is 2.62 bits per heavy atom. The minimum absolute atomic E-state index is 0.00226. The van der Waals surface area contributed by atoms with Crippen LogP contribution in [0.25, 0.3) is 11.0 Å². The van der Waals surface area contributed by atoms with Crippen LogP contribution in [0.1, 0.15) is 38.3 Å². The van der Waals surface area contributed by atoms with Gasteiger partial charge >= 0.3 is 17.7 Å². The molecule has 2 rings (SSSR count). The van der Waals surface area contributed by atoms with E-state index in [1.54, 1.807) is 26.8 Å². The summed E-state index contributed by atoms with van der Waals surface area (Å²) in [6.07, 6.45) is -0.593. The lowest BCUT2D eigenvalue weighted by atomic mass is 10.1. The lowest BCUT2D eigenvalue weighted by Gasteiger charge is -2.19. The topological polar surface area (TPSA) is 94.8 Å². The molecule has 0 saturated heterocycles. The molecule has 0 saturated carbocycles. The molecule has 1 aromatic heterocycles. The number of rotatable bonds is 5. The molecule has 0 atom stereocenters. The Balaban J connectivity index is 1.89. The maximum Gasteiger partial charge on any atom is 0.407 e. The van der Waals surface area contributed by atoms with Crippen LogP contribution in [-0.4, -0.2) is 24.2 Å². The van der Waals surface area contributed by atoms with Crippen LogP contribution >= 0.6 is 0 Å². The first-order valence-electron chi connectivity index (χ1n) is 8.30. The number of benzene rings is 1. The van der Waals surface area contributed by atoms with Crippen molar-refractivity contribution < 1.29 is 23.5 Å². The molecule has 0 fully saturated rings. The minimum Gasteiger partial charge on any atom is -0.461 e. The van der Waals surface area contributed by atoms with E-state index >= 15 is 0 Å². The Bertz CT molecular complexity index is 862. The van der Waals surface area contributed by atoms with E-state index < -0.39 is 23.3 Å². The Kier molecular flexibility index (Phi) is 6.02. The van der Waals surface area contributed by atoms with E-state index in [1.807, 2.05) is 19.1 Å². The molecule has 1 aromatic carbocycles. The average Bonchev–Trinajstić information content (AvgIpc) is 2.50. The lowest BCUT2D eigenvalue weighted by Crippen LogP contribution is -2.33. The number of amides is 1. The highest BCUT2D eigenvalue weighted by molar-refractivity contribution is 5.81. The molecule has 7 nitrogen and oxygen atoms in total. The van der Waals surface area contributed by atoms with Gasteiger partial charge in [0.05, 0.1) is 6.42 Å². The third kappa shape index (κ3) is 5.91. The number of fused-ring (bicyclic) bond motifs is 1. The highest BCUT2D eigenvalue weighted by Crippen LogP contribution is 2.19. The maximum atomic E-state index is 11.8. The first kappa shape index (κ1) is 19.5. The molecule has 0 aliphatic heterocycles. The number of aryl methyl sites for hydroxylation is 1. The minimum atomic E-state index is -0.599. The molecule has 1 heterocycles. The normalized spacial score (nSPS) is 11.2. The van der Waals surface area contributed by atoms with Gasteiger partial charge in [-0.1, -0.05) is 12.1 Å². The van der Waals surface area contributed by atoms with Gasteiger partial charge in [0.2, 0.25) is 0 Å². The fourth-order valence-electron chi connectivity index (χ4n) is 2.27. The molecule has 26 heavy (non-hydrogen) atoms. The van der Waals surface area contributed by atoms with Crippen molar-refractivity contribution in [3.63, 3.8) is 0 Å². The van der Waals surface area contributed by atoms with Crippen LogP contribution in [0, 0.1) is 6.92 Å². The van der Waals surface area contributed by atoms with Crippen LogP contribution < -0.4 is 10.9 Å². The van der Waals surface area contributed by atoms with Crippen LogP contribution in [0.3, 0.4) is 0 Å². The predicted molar refractivity (Wildman–Crippen MR) is 95.9 cm³/mol. The molecule has 0 bridgehead atoms. The molecule has 0 aliphatic carbocycles. The van der Waals surface area contributed by atoms with Crippen molar-refractivity contribution in [1.82, 2.24) is 5.32 Å². The van der Waals surface area contributed by atoms with Crippen molar-refractivity contribution in [2.75, 3.05) is 6.54 Å². The van der Waals surface area contributed by atoms with Crippen LogP contribution in [0.5, 0.6) is 0 Å². The Morgan fingerprint density at radius 1 is 1.19 bits per heavy atom. The van der Waals surface area contributed by atoms with Gasteiger partial charge in [0.25, 0.3) is 0 Å². The molecule has 140 valence electrons. The number of hydrogen-bond acceptors (Lipinski definition) is 6. The molecule has 0 unspecified atom stereocenters. The van der Waals surface area contributed by atoms with Crippen molar-refractivity contribution in [2.45, 2.75) is 46.3 Å². The van der Waals surface area contributed by atoms with Crippen molar-refractivity contribution in [3.8, 4) is 0 Å². The largest absolute Gasteiger partial charge is 0.461 e. The van der Waals surface area contributed by atoms with Gasteiger partial charge < -0.3 is 19.2 Å². The SMILES string of the molecule is Cc1ccc2c(COC(=O)CCNC(=O)OC(C)(C)C)cc(=O)oc2c1. The summed E-state index contributed by atoms with van der Waals surface area (Å²) in [5.41, 5.74) is 0.891. The summed E-state index contributed by atoms with van der Waals surface area (Å²) < 4.78 is 15.4. The van der Waals surface area contributed by atoms with Crippen molar-refractivity contribution in [1.29, 1.82) is 0 Å². The molecule has 0 aliphatic rings. The van der Waals surface area contributed by atoms with E-state index in [-0.39, 0.29) is 19.6 Å². The number of nitrogens with one attached hydrogen (secondary N) is 1.